The normalized spacial score (nSPS) is 11.9. The molecule has 0 bridgehead atoms. The minimum atomic E-state index is -0.928. The number of aliphatic hydroxyl groups excluding tert-OH is 1. The van der Waals surface area contributed by atoms with Crippen molar-refractivity contribution in [2.45, 2.75) is 25.9 Å². The molecular formula is C9H17NO5. The van der Waals surface area contributed by atoms with Gasteiger partial charge in [-0.25, -0.2) is 4.79 Å². The number of carbonyl (C=O) groups excluding carboxylic acids is 2. The zero-order valence-electron chi connectivity index (χ0n) is 8.77. The molecule has 6 nitrogen and oxygen atoms in total. The summed E-state index contributed by atoms with van der Waals surface area (Å²) in [6, 6.07) is 0. The number of hydrogen-bond donors (Lipinski definition) is 2. The van der Waals surface area contributed by atoms with Gasteiger partial charge in [0.1, 0.15) is 0 Å². The van der Waals surface area contributed by atoms with Gasteiger partial charge in [-0.05, 0) is 6.92 Å². The average molecular weight is 219 g/mol. The Morgan fingerprint density at radius 3 is 2.67 bits per heavy atom. The molecule has 0 heterocycles. The van der Waals surface area contributed by atoms with Crippen LogP contribution >= 0.6 is 0 Å². The van der Waals surface area contributed by atoms with Crippen LogP contribution in [0.5, 0.6) is 0 Å². The number of carbonyl (C=O) groups is 2. The van der Waals surface area contributed by atoms with Crippen LogP contribution in [0, 0.1) is 0 Å². The highest BCUT2D eigenvalue weighted by Gasteiger charge is 2.18. The smallest absolute Gasteiger partial charge is 0.347 e. The Hall–Kier alpha value is -1.14. The predicted molar refractivity (Wildman–Crippen MR) is 51.9 cm³/mol. The number of ether oxygens (including phenoxy) is 2. The molecular weight excluding hydrogens is 202 g/mol. The highest BCUT2D eigenvalue weighted by atomic mass is 16.6. The van der Waals surface area contributed by atoms with Crippen LogP contribution in [0.15, 0.2) is 0 Å². The minimum absolute atomic E-state index is 0.0470. The number of esters is 2. The number of rotatable bonds is 7. The van der Waals surface area contributed by atoms with Crippen LogP contribution in [0.25, 0.3) is 0 Å². The third-order valence-electron chi connectivity index (χ3n) is 1.54. The van der Waals surface area contributed by atoms with Gasteiger partial charge in [0, 0.05) is 19.6 Å². The van der Waals surface area contributed by atoms with Crippen LogP contribution in [0.3, 0.4) is 0 Å². The Kier molecular flexibility index (Phi) is 7.57. The minimum Gasteiger partial charge on any atom is -0.463 e. The van der Waals surface area contributed by atoms with Gasteiger partial charge in [0.15, 0.2) is 6.10 Å². The molecule has 3 N–H and O–H groups in total. The van der Waals surface area contributed by atoms with E-state index < -0.39 is 18.0 Å². The molecule has 0 saturated carbocycles. The molecule has 1 atom stereocenters. The average Bonchev–Trinajstić information content (AvgIpc) is 2.18. The van der Waals surface area contributed by atoms with Crippen LogP contribution in [0.4, 0.5) is 0 Å². The maximum atomic E-state index is 11.1. The van der Waals surface area contributed by atoms with Crippen molar-refractivity contribution in [1.29, 1.82) is 0 Å². The van der Waals surface area contributed by atoms with Gasteiger partial charge in [0.05, 0.1) is 13.0 Å². The largest absolute Gasteiger partial charge is 0.463 e. The molecule has 0 aromatic rings. The van der Waals surface area contributed by atoms with E-state index in [1.165, 1.54) is 6.92 Å². The lowest BCUT2D eigenvalue weighted by atomic mass is 10.4. The first-order chi connectivity index (χ1) is 7.11. The first-order valence-corrected chi connectivity index (χ1v) is 4.78. The number of nitrogens with two attached hydrogens (primary N) is 1. The quantitative estimate of drug-likeness (QED) is 0.429. The van der Waals surface area contributed by atoms with Crippen molar-refractivity contribution in [2.75, 3.05) is 19.8 Å². The molecule has 0 saturated heterocycles. The lowest BCUT2D eigenvalue weighted by Crippen LogP contribution is -2.27. The Balaban J connectivity index is 3.73. The summed E-state index contributed by atoms with van der Waals surface area (Å²) in [5.41, 5.74) is 5.13. The molecule has 0 aliphatic carbocycles. The van der Waals surface area contributed by atoms with Gasteiger partial charge >= 0.3 is 11.9 Å². The van der Waals surface area contributed by atoms with Crippen molar-refractivity contribution in [1.82, 2.24) is 0 Å². The summed E-state index contributed by atoms with van der Waals surface area (Å²) < 4.78 is 9.44. The van der Waals surface area contributed by atoms with Crippen molar-refractivity contribution in [3.8, 4) is 0 Å². The maximum absolute atomic E-state index is 11.1. The van der Waals surface area contributed by atoms with Crippen LogP contribution in [0.2, 0.25) is 0 Å². The van der Waals surface area contributed by atoms with Gasteiger partial charge in [-0.1, -0.05) is 0 Å². The zero-order chi connectivity index (χ0) is 11.7. The number of hydrogen-bond acceptors (Lipinski definition) is 6. The van der Waals surface area contributed by atoms with Gasteiger partial charge in [-0.2, -0.15) is 0 Å². The molecule has 6 heteroatoms. The van der Waals surface area contributed by atoms with Gasteiger partial charge in [0.25, 0.3) is 0 Å². The SMILES string of the molecule is CC(OC(=O)CCN)C(=O)OCCCO. The van der Waals surface area contributed by atoms with Crippen molar-refractivity contribution in [3.05, 3.63) is 0 Å². The van der Waals surface area contributed by atoms with E-state index in [9.17, 15) is 9.59 Å². The zero-order valence-corrected chi connectivity index (χ0v) is 8.77. The van der Waals surface area contributed by atoms with Crippen molar-refractivity contribution < 1.29 is 24.2 Å². The van der Waals surface area contributed by atoms with Gasteiger partial charge < -0.3 is 20.3 Å². The molecule has 1 unspecified atom stereocenters. The summed E-state index contributed by atoms with van der Waals surface area (Å²) >= 11 is 0. The summed E-state index contributed by atoms with van der Waals surface area (Å²) in [4.78, 5) is 22.1. The standard InChI is InChI=1S/C9H17NO5/c1-7(15-8(12)3-4-10)9(13)14-6-2-5-11/h7,11H,2-6,10H2,1H3. The van der Waals surface area contributed by atoms with Crippen LogP contribution in [-0.4, -0.2) is 42.9 Å². The van der Waals surface area contributed by atoms with E-state index in [2.05, 4.69) is 0 Å². The molecule has 0 rings (SSSR count). The van der Waals surface area contributed by atoms with Crippen LogP contribution in [0.1, 0.15) is 19.8 Å². The summed E-state index contributed by atoms with van der Waals surface area (Å²) in [5, 5.41) is 8.44. The van der Waals surface area contributed by atoms with E-state index in [0.717, 1.165) is 0 Å². The van der Waals surface area contributed by atoms with E-state index in [4.69, 9.17) is 20.3 Å². The first kappa shape index (κ1) is 13.9. The summed E-state index contributed by atoms with van der Waals surface area (Å²) in [7, 11) is 0. The second-order valence-electron chi connectivity index (χ2n) is 2.92. The fraction of sp³-hybridized carbons (Fsp3) is 0.778. The van der Waals surface area contributed by atoms with Crippen LogP contribution in [-0.2, 0) is 19.1 Å². The second kappa shape index (κ2) is 8.19. The number of aliphatic hydroxyl groups is 1. The van der Waals surface area contributed by atoms with E-state index in [-0.39, 0.29) is 26.2 Å². The molecule has 0 aromatic carbocycles. The third-order valence-corrected chi connectivity index (χ3v) is 1.54. The fourth-order valence-electron chi connectivity index (χ4n) is 0.777. The Bertz CT molecular complexity index is 207. The van der Waals surface area contributed by atoms with Crippen LogP contribution < -0.4 is 5.73 Å². The predicted octanol–water partition coefficient (Wildman–Crippen LogP) is -0.807. The van der Waals surface area contributed by atoms with E-state index in [1.54, 1.807) is 0 Å². The van der Waals surface area contributed by atoms with Crippen molar-refractivity contribution >= 4 is 11.9 Å². The van der Waals surface area contributed by atoms with E-state index in [1.807, 2.05) is 0 Å². The molecule has 88 valence electrons. The topological polar surface area (TPSA) is 98.9 Å². The third kappa shape index (κ3) is 6.87. The Morgan fingerprint density at radius 1 is 1.47 bits per heavy atom. The first-order valence-electron chi connectivity index (χ1n) is 4.78. The van der Waals surface area contributed by atoms with Gasteiger partial charge in [0.2, 0.25) is 0 Å². The molecule has 0 aliphatic rings. The molecule has 0 aliphatic heterocycles. The molecule has 0 aromatic heterocycles. The maximum Gasteiger partial charge on any atom is 0.347 e. The van der Waals surface area contributed by atoms with E-state index in [0.29, 0.717) is 6.42 Å². The van der Waals surface area contributed by atoms with Crippen molar-refractivity contribution in [2.24, 2.45) is 5.73 Å². The Morgan fingerprint density at radius 2 is 2.13 bits per heavy atom. The van der Waals surface area contributed by atoms with E-state index >= 15 is 0 Å². The van der Waals surface area contributed by atoms with Crippen molar-refractivity contribution in [3.63, 3.8) is 0 Å². The highest BCUT2D eigenvalue weighted by molar-refractivity contribution is 5.79. The Labute approximate surface area is 88.3 Å². The molecule has 0 fully saturated rings. The lowest BCUT2D eigenvalue weighted by Gasteiger charge is -2.11. The fourth-order valence-corrected chi connectivity index (χ4v) is 0.777. The van der Waals surface area contributed by atoms with Gasteiger partial charge in [-0.3, -0.25) is 4.79 Å². The molecule has 0 radical (unpaired) electrons. The second-order valence-corrected chi connectivity index (χ2v) is 2.92. The molecule has 15 heavy (non-hydrogen) atoms. The lowest BCUT2D eigenvalue weighted by molar-refractivity contribution is -0.166. The van der Waals surface area contributed by atoms with Gasteiger partial charge in [-0.15, -0.1) is 0 Å². The summed E-state index contributed by atoms with van der Waals surface area (Å²) in [5.74, 6) is -1.14. The monoisotopic (exact) mass is 219 g/mol. The highest BCUT2D eigenvalue weighted by Crippen LogP contribution is 1.98. The molecule has 0 amide bonds. The summed E-state index contributed by atoms with van der Waals surface area (Å²) in [6.07, 6.45) is -0.480. The summed E-state index contributed by atoms with van der Waals surface area (Å²) in [6.45, 7) is 1.68. The molecule has 0 spiro atoms.